The van der Waals surface area contributed by atoms with Crippen LogP contribution in [0.5, 0.6) is 0 Å². The zero-order chi connectivity index (χ0) is 19.9. The van der Waals surface area contributed by atoms with Crippen LogP contribution < -0.4 is 4.90 Å². The summed E-state index contributed by atoms with van der Waals surface area (Å²) in [4.78, 5) is 16.7. The summed E-state index contributed by atoms with van der Waals surface area (Å²) < 4.78 is 26.9. The number of anilines is 1. The van der Waals surface area contributed by atoms with Crippen LogP contribution in [0.4, 0.5) is 5.82 Å². The Kier molecular flexibility index (Phi) is 5.07. The lowest BCUT2D eigenvalue weighted by Crippen LogP contribution is -2.48. The normalized spacial score (nSPS) is 22.0. The summed E-state index contributed by atoms with van der Waals surface area (Å²) in [7, 11) is -3.17. The van der Waals surface area contributed by atoms with Gasteiger partial charge in [0.1, 0.15) is 5.82 Å². The fraction of sp³-hybridized carbons (Fsp3) is 0.526. The molecule has 2 aliphatic heterocycles. The number of carbonyl (C=O) groups is 1. The number of nitrogens with zero attached hydrogens (tertiary/aromatic N) is 4. The first kappa shape index (κ1) is 19.2. The van der Waals surface area contributed by atoms with E-state index in [1.807, 2.05) is 34.9 Å². The van der Waals surface area contributed by atoms with Crippen molar-refractivity contribution in [1.82, 2.24) is 13.6 Å². The molecule has 2 aromatic heterocycles. The maximum atomic E-state index is 12.9. The Balaban J connectivity index is 1.56. The minimum atomic E-state index is -3.17. The lowest BCUT2D eigenvalue weighted by atomic mass is 10.1. The number of piperazine rings is 1. The maximum Gasteiger partial charge on any atom is 0.255 e. The average Bonchev–Trinajstić information content (AvgIpc) is 3.10. The van der Waals surface area contributed by atoms with Crippen molar-refractivity contribution in [1.29, 1.82) is 0 Å². The van der Waals surface area contributed by atoms with Gasteiger partial charge in [-0.3, -0.25) is 4.79 Å². The Morgan fingerprint density at radius 2 is 1.79 bits per heavy atom. The molecule has 152 valence electrons. The maximum absolute atomic E-state index is 12.9. The van der Waals surface area contributed by atoms with Gasteiger partial charge < -0.3 is 19.3 Å². The molecule has 2 aliphatic rings. The third kappa shape index (κ3) is 3.74. The largest absolute Gasteiger partial charge is 0.391 e. The van der Waals surface area contributed by atoms with Crippen molar-refractivity contribution in [2.24, 2.45) is 0 Å². The van der Waals surface area contributed by atoms with Crippen LogP contribution in [-0.4, -0.2) is 84.7 Å². The van der Waals surface area contributed by atoms with E-state index in [0.717, 1.165) is 24.2 Å². The molecular formula is C19H26N4O4S. The number of aromatic nitrogens is 1. The third-order valence-electron chi connectivity index (χ3n) is 5.59. The molecule has 0 bridgehead atoms. The fourth-order valence-electron chi connectivity index (χ4n) is 4.04. The average molecular weight is 407 g/mol. The summed E-state index contributed by atoms with van der Waals surface area (Å²) in [5, 5.41) is 9.85. The molecule has 2 saturated heterocycles. The van der Waals surface area contributed by atoms with Crippen molar-refractivity contribution in [3.63, 3.8) is 0 Å². The van der Waals surface area contributed by atoms with Gasteiger partial charge in [0.15, 0.2) is 0 Å². The summed E-state index contributed by atoms with van der Waals surface area (Å²) in [6.07, 6.45) is 4.19. The van der Waals surface area contributed by atoms with E-state index in [4.69, 9.17) is 0 Å². The first-order chi connectivity index (χ1) is 13.3. The highest BCUT2D eigenvalue weighted by atomic mass is 32.2. The van der Waals surface area contributed by atoms with Crippen LogP contribution in [0.15, 0.2) is 30.5 Å². The van der Waals surface area contributed by atoms with Gasteiger partial charge in [0.05, 0.1) is 17.9 Å². The van der Waals surface area contributed by atoms with E-state index in [0.29, 0.717) is 44.8 Å². The molecule has 9 heteroatoms. The van der Waals surface area contributed by atoms with Gasteiger partial charge in [0, 0.05) is 51.0 Å². The molecule has 0 saturated carbocycles. The van der Waals surface area contributed by atoms with Gasteiger partial charge in [-0.05, 0) is 37.1 Å². The van der Waals surface area contributed by atoms with Gasteiger partial charge in [-0.25, -0.2) is 8.42 Å². The second kappa shape index (κ2) is 7.38. The fourth-order valence-corrected chi connectivity index (χ4v) is 4.87. The minimum Gasteiger partial charge on any atom is -0.391 e. The first-order valence-electron chi connectivity index (χ1n) is 9.61. The number of piperidine rings is 1. The number of hydrogen-bond donors (Lipinski definition) is 1. The van der Waals surface area contributed by atoms with Crippen molar-refractivity contribution in [2.75, 3.05) is 50.4 Å². The van der Waals surface area contributed by atoms with E-state index in [1.165, 1.54) is 10.6 Å². The van der Waals surface area contributed by atoms with E-state index in [2.05, 4.69) is 4.90 Å². The SMILES string of the molecule is CS(=O)(=O)N1CCN(c2ccc3ccc(C(=O)N4CCCC(O)C4)cn23)CC1. The molecule has 4 rings (SSSR count). The van der Waals surface area contributed by atoms with E-state index in [-0.39, 0.29) is 5.91 Å². The van der Waals surface area contributed by atoms with E-state index >= 15 is 0 Å². The number of carbonyl (C=O) groups excluding carboxylic acids is 1. The highest BCUT2D eigenvalue weighted by molar-refractivity contribution is 7.88. The van der Waals surface area contributed by atoms with Crippen LogP contribution in [0.2, 0.25) is 0 Å². The van der Waals surface area contributed by atoms with E-state index in [9.17, 15) is 18.3 Å². The smallest absolute Gasteiger partial charge is 0.255 e. The van der Waals surface area contributed by atoms with Crippen LogP contribution in [0.25, 0.3) is 5.52 Å². The number of β-amino-alcohol motifs (C(OH)–C–C–N with tert-alkyl or cyclic N) is 1. The zero-order valence-corrected chi connectivity index (χ0v) is 16.8. The Bertz CT molecular complexity index is 979. The van der Waals surface area contributed by atoms with Gasteiger partial charge in [-0.1, -0.05) is 0 Å². The number of pyridine rings is 1. The second-order valence-corrected chi connectivity index (χ2v) is 9.58. The predicted octanol–water partition coefficient (Wildman–Crippen LogP) is 0.618. The van der Waals surface area contributed by atoms with Gasteiger partial charge in [-0.2, -0.15) is 4.31 Å². The van der Waals surface area contributed by atoms with Gasteiger partial charge in [0.2, 0.25) is 10.0 Å². The molecule has 1 amide bonds. The minimum absolute atomic E-state index is 0.0674. The van der Waals surface area contributed by atoms with Crippen LogP contribution in [0, 0.1) is 0 Å². The molecular weight excluding hydrogens is 380 g/mol. The standard InChI is InChI=1S/C19H26N4O4S/c1-28(26,27)22-11-9-20(10-12-22)18-7-6-16-5-4-15(13-23(16)18)19(25)21-8-2-3-17(24)14-21/h4-7,13,17,24H,2-3,8-12,14H2,1H3. The lowest BCUT2D eigenvalue weighted by Gasteiger charge is -2.34. The van der Waals surface area contributed by atoms with Crippen molar-refractivity contribution >= 4 is 27.3 Å². The summed E-state index contributed by atoms with van der Waals surface area (Å²) in [6.45, 7) is 3.17. The van der Waals surface area contributed by atoms with Crippen LogP contribution in [0.1, 0.15) is 23.2 Å². The quantitative estimate of drug-likeness (QED) is 0.808. The molecule has 0 radical (unpaired) electrons. The number of amides is 1. The second-order valence-electron chi connectivity index (χ2n) is 7.60. The highest BCUT2D eigenvalue weighted by Crippen LogP contribution is 2.23. The molecule has 1 atom stereocenters. The highest BCUT2D eigenvalue weighted by Gasteiger charge is 2.26. The Labute approximate surface area is 165 Å². The summed E-state index contributed by atoms with van der Waals surface area (Å²) >= 11 is 0. The van der Waals surface area contributed by atoms with Gasteiger partial charge in [-0.15, -0.1) is 0 Å². The molecule has 2 fully saturated rings. The predicted molar refractivity (Wildman–Crippen MR) is 107 cm³/mol. The van der Waals surface area contributed by atoms with Crippen molar-refractivity contribution < 1.29 is 18.3 Å². The topological polar surface area (TPSA) is 85.6 Å². The van der Waals surface area contributed by atoms with Crippen molar-refractivity contribution in [3.8, 4) is 0 Å². The Morgan fingerprint density at radius 3 is 2.46 bits per heavy atom. The Morgan fingerprint density at radius 1 is 1.07 bits per heavy atom. The van der Waals surface area contributed by atoms with Gasteiger partial charge in [0.25, 0.3) is 5.91 Å². The number of aliphatic hydroxyl groups excluding tert-OH is 1. The molecule has 1 N–H and O–H groups in total. The zero-order valence-electron chi connectivity index (χ0n) is 16.0. The molecule has 28 heavy (non-hydrogen) atoms. The molecule has 0 aromatic carbocycles. The number of fused-ring (bicyclic) bond motifs is 1. The van der Waals surface area contributed by atoms with E-state index in [1.54, 1.807) is 4.90 Å². The number of likely N-dealkylation sites (tertiary alicyclic amines) is 1. The van der Waals surface area contributed by atoms with Gasteiger partial charge >= 0.3 is 0 Å². The van der Waals surface area contributed by atoms with Crippen molar-refractivity contribution in [3.05, 3.63) is 36.0 Å². The number of rotatable bonds is 3. The molecule has 0 aliphatic carbocycles. The van der Waals surface area contributed by atoms with Crippen LogP contribution >= 0.6 is 0 Å². The van der Waals surface area contributed by atoms with Crippen LogP contribution in [-0.2, 0) is 10.0 Å². The lowest BCUT2D eigenvalue weighted by molar-refractivity contribution is 0.0473. The third-order valence-corrected chi connectivity index (χ3v) is 6.90. The molecule has 4 heterocycles. The summed E-state index contributed by atoms with van der Waals surface area (Å²) in [6, 6.07) is 7.75. The van der Waals surface area contributed by atoms with E-state index < -0.39 is 16.1 Å². The molecule has 0 spiro atoms. The van der Waals surface area contributed by atoms with Crippen molar-refractivity contribution in [2.45, 2.75) is 18.9 Å². The number of sulfonamides is 1. The number of aliphatic hydroxyl groups is 1. The summed E-state index contributed by atoms with van der Waals surface area (Å²) in [5.41, 5.74) is 1.57. The molecule has 8 nitrogen and oxygen atoms in total. The number of hydrogen-bond acceptors (Lipinski definition) is 5. The molecule has 1 unspecified atom stereocenters. The summed E-state index contributed by atoms with van der Waals surface area (Å²) in [5.74, 6) is 0.888. The monoisotopic (exact) mass is 406 g/mol. The molecule has 2 aromatic rings. The van der Waals surface area contributed by atoms with Crippen LogP contribution in [0.3, 0.4) is 0 Å². The first-order valence-corrected chi connectivity index (χ1v) is 11.5. The Hall–Kier alpha value is -2.10.